The van der Waals surface area contributed by atoms with E-state index in [0.29, 0.717) is 6.04 Å². The van der Waals surface area contributed by atoms with Crippen LogP contribution in [0.4, 0.5) is 4.79 Å². The quantitative estimate of drug-likeness (QED) is 0.873. The van der Waals surface area contributed by atoms with Crippen molar-refractivity contribution in [3.05, 3.63) is 29.8 Å². The highest BCUT2D eigenvalue weighted by atomic mass is 16.6. The van der Waals surface area contributed by atoms with E-state index in [1.54, 1.807) is 7.11 Å². The summed E-state index contributed by atoms with van der Waals surface area (Å²) in [7, 11) is 1.68. The topological polar surface area (TPSA) is 59.6 Å². The Hall–Kier alpha value is -1.75. The van der Waals surface area contributed by atoms with Gasteiger partial charge in [-0.25, -0.2) is 4.79 Å². The maximum atomic E-state index is 11.7. The molecule has 1 atom stereocenters. The molecule has 5 nitrogen and oxygen atoms in total. The third-order valence-corrected chi connectivity index (χ3v) is 3.94. The van der Waals surface area contributed by atoms with Gasteiger partial charge in [0, 0.05) is 18.1 Å². The van der Waals surface area contributed by atoms with Crippen LogP contribution in [0, 0.1) is 0 Å². The first-order valence-corrected chi connectivity index (χ1v) is 8.16. The summed E-state index contributed by atoms with van der Waals surface area (Å²) in [4.78, 5) is 11.7. The van der Waals surface area contributed by atoms with Crippen molar-refractivity contribution in [3.63, 3.8) is 0 Å². The van der Waals surface area contributed by atoms with Crippen LogP contribution in [-0.4, -0.2) is 30.9 Å². The molecule has 0 unspecified atom stereocenters. The molecule has 1 aromatic carbocycles. The van der Waals surface area contributed by atoms with Gasteiger partial charge in [0.05, 0.1) is 7.11 Å². The normalized spacial score (nSPS) is 22.0. The highest BCUT2D eigenvalue weighted by molar-refractivity contribution is 5.68. The van der Waals surface area contributed by atoms with Gasteiger partial charge in [-0.05, 0) is 58.2 Å². The summed E-state index contributed by atoms with van der Waals surface area (Å²) in [5, 5.41) is 6.50. The second-order valence-electron chi connectivity index (χ2n) is 7.18. The van der Waals surface area contributed by atoms with E-state index in [2.05, 4.69) is 23.6 Å². The van der Waals surface area contributed by atoms with Crippen LogP contribution < -0.4 is 15.4 Å². The molecule has 2 N–H and O–H groups in total. The summed E-state index contributed by atoms with van der Waals surface area (Å²) < 4.78 is 10.5. The maximum absolute atomic E-state index is 11.7. The molecule has 2 rings (SSSR count). The predicted octanol–water partition coefficient (Wildman–Crippen LogP) is 3.40. The monoisotopic (exact) mass is 320 g/mol. The van der Waals surface area contributed by atoms with Crippen molar-refractivity contribution in [2.45, 2.75) is 64.3 Å². The van der Waals surface area contributed by atoms with E-state index in [4.69, 9.17) is 9.47 Å². The van der Waals surface area contributed by atoms with E-state index in [1.807, 2.05) is 39.0 Å². The van der Waals surface area contributed by atoms with E-state index in [-0.39, 0.29) is 18.2 Å². The Kier molecular flexibility index (Phi) is 5.52. The Bertz CT molecular complexity index is 533. The number of benzene rings is 1. The molecule has 0 aliphatic heterocycles. The zero-order valence-corrected chi connectivity index (χ0v) is 14.7. The van der Waals surface area contributed by atoms with Gasteiger partial charge in [0.1, 0.15) is 11.4 Å². The van der Waals surface area contributed by atoms with Crippen molar-refractivity contribution in [3.8, 4) is 5.75 Å². The lowest BCUT2D eigenvalue weighted by Crippen LogP contribution is -2.53. The molecule has 0 radical (unpaired) electrons. The molecule has 5 heteroatoms. The average Bonchev–Trinajstić information content (AvgIpc) is 2.43. The molecule has 1 aliphatic carbocycles. The molecule has 1 amide bonds. The summed E-state index contributed by atoms with van der Waals surface area (Å²) in [6.07, 6.45) is 1.52. The molecule has 0 spiro atoms. The molecule has 1 fully saturated rings. The molecular weight excluding hydrogens is 292 g/mol. The molecule has 1 aromatic rings. The molecule has 1 aliphatic rings. The van der Waals surface area contributed by atoms with Gasteiger partial charge < -0.3 is 20.1 Å². The number of carbonyl (C=O) groups excluding carboxylic acids is 1. The van der Waals surface area contributed by atoms with Gasteiger partial charge in [-0.15, -0.1) is 0 Å². The summed E-state index contributed by atoms with van der Waals surface area (Å²) in [5.41, 5.74) is 0.750. The van der Waals surface area contributed by atoms with Crippen LogP contribution in [-0.2, 0) is 4.74 Å². The second kappa shape index (κ2) is 7.21. The minimum atomic E-state index is -0.452. The van der Waals surface area contributed by atoms with E-state index in [9.17, 15) is 4.79 Å². The Morgan fingerprint density at radius 1 is 1.26 bits per heavy atom. The van der Waals surface area contributed by atoms with Crippen LogP contribution in [0.3, 0.4) is 0 Å². The first kappa shape index (κ1) is 17.6. The van der Waals surface area contributed by atoms with Crippen LogP contribution in [0.5, 0.6) is 5.75 Å². The van der Waals surface area contributed by atoms with E-state index in [1.165, 1.54) is 5.56 Å². The van der Waals surface area contributed by atoms with Crippen LogP contribution in [0.1, 0.15) is 52.1 Å². The van der Waals surface area contributed by atoms with Gasteiger partial charge in [-0.2, -0.15) is 0 Å². The SMILES string of the molecule is COc1cccc([C@@H](C)NC2CC(NC(=O)OC(C)(C)C)C2)c1. The predicted molar refractivity (Wildman–Crippen MR) is 90.7 cm³/mol. The number of carbonyl (C=O) groups is 1. The summed E-state index contributed by atoms with van der Waals surface area (Å²) in [6.45, 7) is 7.75. The fraction of sp³-hybridized carbons (Fsp3) is 0.611. The number of amides is 1. The first-order valence-electron chi connectivity index (χ1n) is 8.16. The van der Waals surface area contributed by atoms with E-state index >= 15 is 0 Å². The van der Waals surface area contributed by atoms with E-state index < -0.39 is 5.60 Å². The number of rotatable bonds is 5. The van der Waals surface area contributed by atoms with Crippen molar-refractivity contribution in [2.75, 3.05) is 7.11 Å². The number of nitrogens with one attached hydrogen (secondary N) is 2. The van der Waals surface area contributed by atoms with Crippen molar-refractivity contribution >= 4 is 6.09 Å². The fourth-order valence-electron chi connectivity index (χ4n) is 2.71. The Labute approximate surface area is 138 Å². The highest BCUT2D eigenvalue weighted by Crippen LogP contribution is 2.25. The average molecular weight is 320 g/mol. The molecule has 1 saturated carbocycles. The summed E-state index contributed by atoms with van der Waals surface area (Å²) in [6, 6.07) is 8.94. The van der Waals surface area contributed by atoms with Gasteiger partial charge in [0.25, 0.3) is 0 Å². The van der Waals surface area contributed by atoms with Crippen molar-refractivity contribution < 1.29 is 14.3 Å². The number of hydrogen-bond acceptors (Lipinski definition) is 4. The third-order valence-electron chi connectivity index (χ3n) is 3.94. The largest absolute Gasteiger partial charge is 0.497 e. The van der Waals surface area contributed by atoms with Gasteiger partial charge in [0.2, 0.25) is 0 Å². The number of alkyl carbamates (subject to hydrolysis) is 1. The van der Waals surface area contributed by atoms with E-state index in [0.717, 1.165) is 18.6 Å². The lowest BCUT2D eigenvalue weighted by atomic mass is 9.86. The smallest absolute Gasteiger partial charge is 0.407 e. The maximum Gasteiger partial charge on any atom is 0.407 e. The summed E-state index contributed by atoms with van der Waals surface area (Å²) >= 11 is 0. The molecule has 0 heterocycles. The van der Waals surface area contributed by atoms with Crippen molar-refractivity contribution in [1.29, 1.82) is 0 Å². The number of methoxy groups -OCH3 is 1. The number of ether oxygens (including phenoxy) is 2. The second-order valence-corrected chi connectivity index (χ2v) is 7.18. The fourth-order valence-corrected chi connectivity index (χ4v) is 2.71. The van der Waals surface area contributed by atoms with Crippen molar-refractivity contribution in [2.24, 2.45) is 0 Å². The van der Waals surface area contributed by atoms with Gasteiger partial charge in [-0.3, -0.25) is 0 Å². The molecule has 0 bridgehead atoms. The standard InChI is InChI=1S/C18H28N2O3/c1-12(13-7-6-8-16(9-13)22-5)19-14-10-15(11-14)20-17(21)23-18(2,3)4/h6-9,12,14-15,19H,10-11H2,1-5H3,(H,20,21)/t12-,14?,15?/m1/s1. The van der Waals surface area contributed by atoms with Crippen molar-refractivity contribution in [1.82, 2.24) is 10.6 Å². The Morgan fingerprint density at radius 3 is 2.57 bits per heavy atom. The minimum Gasteiger partial charge on any atom is -0.497 e. The highest BCUT2D eigenvalue weighted by Gasteiger charge is 2.32. The first-order chi connectivity index (χ1) is 10.8. The third kappa shape index (κ3) is 5.43. The minimum absolute atomic E-state index is 0.194. The zero-order chi connectivity index (χ0) is 17.0. The molecule has 0 saturated heterocycles. The van der Waals surface area contributed by atoms with Gasteiger partial charge >= 0.3 is 6.09 Å². The summed E-state index contributed by atoms with van der Waals surface area (Å²) in [5.74, 6) is 0.870. The molecule has 23 heavy (non-hydrogen) atoms. The molecule has 128 valence electrons. The van der Waals surface area contributed by atoms with Crippen LogP contribution in [0.15, 0.2) is 24.3 Å². The zero-order valence-electron chi connectivity index (χ0n) is 14.7. The molecular formula is C18H28N2O3. The lowest BCUT2D eigenvalue weighted by molar-refractivity contribution is 0.0463. The molecule has 0 aromatic heterocycles. The van der Waals surface area contributed by atoms with Gasteiger partial charge in [-0.1, -0.05) is 12.1 Å². The Balaban J connectivity index is 1.74. The van der Waals surface area contributed by atoms with Crippen LogP contribution in [0.2, 0.25) is 0 Å². The lowest BCUT2D eigenvalue weighted by Gasteiger charge is -2.38. The van der Waals surface area contributed by atoms with Crippen LogP contribution in [0.25, 0.3) is 0 Å². The van der Waals surface area contributed by atoms with Gasteiger partial charge in [0.15, 0.2) is 0 Å². The van der Waals surface area contributed by atoms with Crippen LogP contribution >= 0.6 is 0 Å². The number of hydrogen-bond donors (Lipinski definition) is 2. The Morgan fingerprint density at radius 2 is 1.96 bits per heavy atom.